The summed E-state index contributed by atoms with van der Waals surface area (Å²) in [4.78, 5) is 38.5. The number of carbonyl (C=O) groups is 3. The zero-order valence-electron chi connectivity index (χ0n) is 54.3. The highest BCUT2D eigenvalue weighted by atomic mass is 16.6. The van der Waals surface area contributed by atoms with Gasteiger partial charge in [-0.3, -0.25) is 14.4 Å². The fraction of sp³-hybridized carbons (Fsp3) is 0.827. The lowest BCUT2D eigenvalue weighted by atomic mass is 10.0. The molecule has 1 atom stereocenters. The summed E-state index contributed by atoms with van der Waals surface area (Å²) in [5.74, 6) is -0.861. The normalized spacial score (nSPS) is 12.4. The topological polar surface area (TPSA) is 78.9 Å². The molecule has 81 heavy (non-hydrogen) atoms. The summed E-state index contributed by atoms with van der Waals surface area (Å²) < 4.78 is 17.0. The molecule has 6 nitrogen and oxygen atoms in total. The van der Waals surface area contributed by atoms with Crippen molar-refractivity contribution in [2.24, 2.45) is 0 Å². The van der Waals surface area contributed by atoms with Gasteiger partial charge in [-0.15, -0.1) is 0 Å². The van der Waals surface area contributed by atoms with Crippen LogP contribution >= 0.6 is 0 Å². The minimum atomic E-state index is -0.780. The fourth-order valence-electron chi connectivity index (χ4n) is 10.6. The van der Waals surface area contributed by atoms with Gasteiger partial charge in [-0.1, -0.05) is 313 Å². The highest BCUT2D eigenvalue weighted by Crippen LogP contribution is 2.17. The SMILES string of the molecule is CCCCCCC/C=C\C/C=C\CCCCCCCCCCCCCCCC(=O)OCC(COC(=O)CCCCCCCCC/C=C\CCCCCCCC)OC(=O)CCCCCCCCCCC/C=C\C/C=C\CCCCCCC. The molecule has 0 radical (unpaired) electrons. The lowest BCUT2D eigenvalue weighted by molar-refractivity contribution is -0.167. The van der Waals surface area contributed by atoms with Gasteiger partial charge in [-0.05, 0) is 109 Å². The van der Waals surface area contributed by atoms with Crippen LogP contribution < -0.4 is 0 Å². The van der Waals surface area contributed by atoms with Crippen LogP contribution in [0.5, 0.6) is 0 Å². The molecule has 0 N–H and O–H groups in total. The van der Waals surface area contributed by atoms with E-state index in [1.807, 2.05) is 0 Å². The fourth-order valence-corrected chi connectivity index (χ4v) is 10.6. The number of esters is 3. The third-order valence-electron chi connectivity index (χ3n) is 16.0. The zero-order valence-corrected chi connectivity index (χ0v) is 54.3. The minimum absolute atomic E-state index is 0.0749. The summed E-state index contributed by atoms with van der Waals surface area (Å²) in [6.07, 6.45) is 89.5. The molecule has 0 aliphatic rings. The number of ether oxygens (including phenoxy) is 3. The number of carbonyl (C=O) groups excluding carboxylic acids is 3. The van der Waals surface area contributed by atoms with Crippen molar-refractivity contribution >= 4 is 17.9 Å². The van der Waals surface area contributed by atoms with Crippen LogP contribution in [0, 0.1) is 0 Å². The quantitative estimate of drug-likeness (QED) is 0.0261. The Bertz CT molecular complexity index is 1440. The minimum Gasteiger partial charge on any atom is -0.462 e. The summed E-state index contributed by atoms with van der Waals surface area (Å²) in [6.45, 7) is 6.67. The van der Waals surface area contributed by atoms with E-state index < -0.39 is 6.10 Å². The highest BCUT2D eigenvalue weighted by molar-refractivity contribution is 5.71. The molecule has 0 aromatic heterocycles. The maximum atomic E-state index is 13.0. The van der Waals surface area contributed by atoms with Crippen LogP contribution in [0.15, 0.2) is 60.8 Å². The van der Waals surface area contributed by atoms with Crippen LogP contribution in [0.2, 0.25) is 0 Å². The summed E-state index contributed by atoms with van der Waals surface area (Å²) in [7, 11) is 0. The molecule has 0 bridgehead atoms. The Hall–Kier alpha value is -2.89. The van der Waals surface area contributed by atoms with Crippen LogP contribution in [0.1, 0.15) is 380 Å². The monoisotopic (exact) mass is 1130 g/mol. The maximum Gasteiger partial charge on any atom is 0.306 e. The van der Waals surface area contributed by atoms with Crippen molar-refractivity contribution in [2.45, 2.75) is 386 Å². The van der Waals surface area contributed by atoms with Gasteiger partial charge in [0.15, 0.2) is 6.10 Å². The van der Waals surface area contributed by atoms with Crippen LogP contribution in [0.25, 0.3) is 0 Å². The molecule has 0 fully saturated rings. The van der Waals surface area contributed by atoms with E-state index in [-0.39, 0.29) is 31.1 Å². The molecule has 0 aromatic carbocycles. The molecule has 0 aliphatic heterocycles. The van der Waals surface area contributed by atoms with Gasteiger partial charge in [0.25, 0.3) is 0 Å². The van der Waals surface area contributed by atoms with Gasteiger partial charge in [0.1, 0.15) is 13.2 Å². The molecule has 0 aliphatic carbocycles. The van der Waals surface area contributed by atoms with E-state index in [0.29, 0.717) is 19.3 Å². The predicted molar refractivity (Wildman–Crippen MR) is 353 cm³/mol. The van der Waals surface area contributed by atoms with E-state index in [1.165, 1.54) is 270 Å². The van der Waals surface area contributed by atoms with E-state index in [4.69, 9.17) is 14.2 Å². The predicted octanol–water partition coefficient (Wildman–Crippen LogP) is 24.7. The van der Waals surface area contributed by atoms with E-state index >= 15 is 0 Å². The molecule has 0 spiro atoms. The molecule has 0 aromatic rings. The van der Waals surface area contributed by atoms with Crippen molar-refractivity contribution in [1.82, 2.24) is 0 Å². The number of hydrogen-bond acceptors (Lipinski definition) is 6. The van der Waals surface area contributed by atoms with Gasteiger partial charge >= 0.3 is 17.9 Å². The molecule has 472 valence electrons. The molecule has 0 saturated heterocycles. The van der Waals surface area contributed by atoms with Crippen molar-refractivity contribution in [3.8, 4) is 0 Å². The summed E-state index contributed by atoms with van der Waals surface area (Å²) >= 11 is 0. The Labute approximate surface area is 504 Å². The first-order valence-electron chi connectivity index (χ1n) is 35.8. The Morgan fingerprint density at radius 1 is 0.247 bits per heavy atom. The molecule has 0 heterocycles. The van der Waals surface area contributed by atoms with Gasteiger partial charge in [0, 0.05) is 19.3 Å². The third-order valence-corrected chi connectivity index (χ3v) is 16.0. The smallest absolute Gasteiger partial charge is 0.306 e. The first-order chi connectivity index (χ1) is 40.0. The second kappa shape index (κ2) is 69.6. The van der Waals surface area contributed by atoms with Crippen LogP contribution in [-0.4, -0.2) is 37.2 Å². The van der Waals surface area contributed by atoms with Crippen LogP contribution in [-0.2, 0) is 28.6 Å². The van der Waals surface area contributed by atoms with Gasteiger partial charge in [0.05, 0.1) is 0 Å². The largest absolute Gasteiger partial charge is 0.462 e. The van der Waals surface area contributed by atoms with Crippen molar-refractivity contribution in [2.75, 3.05) is 13.2 Å². The van der Waals surface area contributed by atoms with Crippen molar-refractivity contribution in [3.63, 3.8) is 0 Å². The second-order valence-corrected chi connectivity index (χ2v) is 24.1. The van der Waals surface area contributed by atoms with Gasteiger partial charge < -0.3 is 14.2 Å². The highest BCUT2D eigenvalue weighted by Gasteiger charge is 2.19. The number of rotatable bonds is 66. The van der Waals surface area contributed by atoms with Gasteiger partial charge in [-0.25, -0.2) is 0 Å². The lowest BCUT2D eigenvalue weighted by Gasteiger charge is -2.18. The molecular formula is C75H136O6. The Morgan fingerprint density at radius 3 is 0.691 bits per heavy atom. The van der Waals surface area contributed by atoms with Gasteiger partial charge in [-0.2, -0.15) is 0 Å². The summed E-state index contributed by atoms with van der Waals surface area (Å²) in [5.41, 5.74) is 0. The van der Waals surface area contributed by atoms with Crippen LogP contribution in [0.4, 0.5) is 0 Å². The summed E-state index contributed by atoms with van der Waals surface area (Å²) in [6, 6.07) is 0. The van der Waals surface area contributed by atoms with Crippen molar-refractivity contribution < 1.29 is 28.6 Å². The van der Waals surface area contributed by atoms with Gasteiger partial charge in [0.2, 0.25) is 0 Å². The van der Waals surface area contributed by atoms with E-state index in [0.717, 1.165) is 70.6 Å². The standard InChI is InChI=1S/C75H136O6/c1-4-7-10-13-16-19-22-25-28-31-33-35-36-37-38-40-41-44-47-50-53-56-59-62-65-68-74(77)80-71-72(70-79-73(76)67-64-61-58-55-52-49-46-43-30-27-24-21-18-15-12-9-6-3)81-75(78)69-66-63-60-57-54-51-48-45-42-39-34-32-29-26-23-20-17-14-11-8-5-2/h22-23,25-27,30-34,72H,4-21,24,28-29,35-71H2,1-3H3/b25-22-,26-23-,30-27-,33-31-,34-32-. The van der Waals surface area contributed by atoms with Crippen molar-refractivity contribution in [3.05, 3.63) is 60.8 Å². The maximum absolute atomic E-state index is 13.0. The molecule has 1 unspecified atom stereocenters. The first-order valence-corrected chi connectivity index (χ1v) is 35.8. The Balaban J connectivity index is 4.33. The van der Waals surface area contributed by atoms with E-state index in [9.17, 15) is 14.4 Å². The summed E-state index contributed by atoms with van der Waals surface area (Å²) in [5, 5.41) is 0. The first kappa shape index (κ1) is 78.1. The average molecular weight is 1130 g/mol. The molecule has 6 heteroatoms. The molecule has 0 saturated carbocycles. The number of allylic oxidation sites excluding steroid dienone is 10. The Kier molecular flexibility index (Phi) is 67.1. The second-order valence-electron chi connectivity index (χ2n) is 24.1. The van der Waals surface area contributed by atoms with Crippen molar-refractivity contribution in [1.29, 1.82) is 0 Å². The molecule has 0 amide bonds. The molecule has 0 rings (SSSR count). The zero-order chi connectivity index (χ0) is 58.5. The molecular weight excluding hydrogens is 997 g/mol. The van der Waals surface area contributed by atoms with Crippen LogP contribution in [0.3, 0.4) is 0 Å². The number of unbranched alkanes of at least 4 members (excludes halogenated alkanes) is 45. The lowest BCUT2D eigenvalue weighted by Crippen LogP contribution is -2.30. The average Bonchev–Trinajstić information content (AvgIpc) is 3.47. The Morgan fingerprint density at radius 2 is 0.444 bits per heavy atom. The third kappa shape index (κ3) is 67.8. The van der Waals surface area contributed by atoms with E-state index in [2.05, 4.69) is 81.5 Å². The van der Waals surface area contributed by atoms with E-state index in [1.54, 1.807) is 0 Å². The number of hydrogen-bond donors (Lipinski definition) is 0.